The summed E-state index contributed by atoms with van der Waals surface area (Å²) in [4.78, 5) is 169. The second kappa shape index (κ2) is 39.3. The van der Waals surface area contributed by atoms with E-state index in [-0.39, 0.29) is 107 Å². The monoisotopic (exact) mass is 1470 g/mol. The molecule has 7 rings (SSSR count). The number of nitrogens with two attached hydrogens (primary N) is 5. The summed E-state index contributed by atoms with van der Waals surface area (Å²) >= 11 is 6.26. The summed E-state index contributed by atoms with van der Waals surface area (Å²) in [6, 6.07) is 18.6. The van der Waals surface area contributed by atoms with Gasteiger partial charge in [-0.15, -0.1) is 0 Å². The van der Waals surface area contributed by atoms with E-state index in [1.165, 1.54) is 43.0 Å². The van der Waals surface area contributed by atoms with Gasteiger partial charge in [0.1, 0.15) is 66.2 Å². The molecule has 1 aliphatic heterocycles. The van der Waals surface area contributed by atoms with Crippen LogP contribution in [0.4, 0.5) is 0 Å². The van der Waals surface area contributed by atoms with E-state index in [1.807, 2.05) is 42.5 Å². The standard InChI is InChI=1S/C73H95ClN18O13/c1-40(2)32-55(64(98)86-54(17-10-30-81-73(78)79)71(105)92-31-11-18-61(92)70(104)83-41(3)62(75)96)87-63(97)53(16-9-29-80-72(76)77)85-66(100)57(35-44-22-27-50(95)28-23-44)89-69(103)60(39-93)91-68(102)59(37-48-38-82-52-15-8-7-14-51(48)52)90-67(101)58(34-43-20-25-49(74)26-21-43)88-65(99)56(84-42(4)94)36-45-19-24-46-12-5-6-13-47(46)33-45/h5-8,12-15,19-28,33,38,40-41,53-61,82,93,95H,9-11,16-18,29-32,34-37,39H2,1-4H3,(H2,75,96)(H,83,104)(H,84,94)(H,85,100)(H,86,98)(H,87,97)(H,88,99)(H,89,103)(H,90,101)(H,91,102)(H4,76,77,80)(H4,78,79,81)/t41-,53-,54+,55+,56-,57+,58-,59-,60+,61-/m1/s1. The van der Waals surface area contributed by atoms with Crippen LogP contribution in [0, 0.1) is 5.92 Å². The number of nitrogens with zero attached hydrogens (tertiary/aromatic N) is 3. The zero-order chi connectivity index (χ0) is 76.4. The molecule has 5 aromatic carbocycles. The molecular formula is C73H95ClN18O13. The van der Waals surface area contributed by atoms with Crippen LogP contribution in [0.15, 0.2) is 131 Å². The zero-order valence-electron chi connectivity index (χ0n) is 59.0. The van der Waals surface area contributed by atoms with Crippen LogP contribution in [0.5, 0.6) is 5.75 Å². The van der Waals surface area contributed by atoms with Gasteiger partial charge in [0.25, 0.3) is 0 Å². The first kappa shape index (κ1) is 81.0. The molecule has 105 heavy (non-hydrogen) atoms. The number of primary amides is 1. The maximum absolute atomic E-state index is 15.0. The maximum Gasteiger partial charge on any atom is 0.245 e. The van der Waals surface area contributed by atoms with Gasteiger partial charge in [-0.2, -0.15) is 0 Å². The van der Waals surface area contributed by atoms with Gasteiger partial charge in [0.15, 0.2) is 11.9 Å². The number of hydrogen-bond donors (Lipinski definition) is 17. The van der Waals surface area contributed by atoms with Gasteiger partial charge < -0.3 is 96.6 Å². The van der Waals surface area contributed by atoms with Crippen molar-refractivity contribution in [2.75, 3.05) is 26.2 Å². The van der Waals surface area contributed by atoms with Crippen molar-refractivity contribution in [3.05, 3.63) is 149 Å². The van der Waals surface area contributed by atoms with Crippen molar-refractivity contribution in [1.29, 1.82) is 0 Å². The summed E-state index contributed by atoms with van der Waals surface area (Å²) in [6.07, 6.45) is 1.66. The summed E-state index contributed by atoms with van der Waals surface area (Å²) in [5.41, 5.74) is 30.7. The van der Waals surface area contributed by atoms with E-state index < -0.39 is 132 Å². The fraction of sp³-hybridized carbons (Fsp3) is 0.411. The fourth-order valence-electron chi connectivity index (χ4n) is 12.1. The van der Waals surface area contributed by atoms with Gasteiger partial charge in [-0.3, -0.25) is 62.7 Å². The Hall–Kier alpha value is -11.3. The van der Waals surface area contributed by atoms with Crippen LogP contribution in [-0.4, -0.2) is 184 Å². The van der Waals surface area contributed by atoms with Gasteiger partial charge in [0.2, 0.25) is 65.0 Å². The number of benzene rings is 5. The molecule has 0 spiro atoms. The number of aromatic nitrogens is 1. The zero-order valence-corrected chi connectivity index (χ0v) is 59.8. The molecule has 6 aromatic rings. The summed E-state index contributed by atoms with van der Waals surface area (Å²) in [7, 11) is 0. The number of H-pyrrole nitrogens is 1. The third kappa shape index (κ3) is 25.0. The van der Waals surface area contributed by atoms with Gasteiger partial charge in [0.05, 0.1) is 6.61 Å². The number of aromatic amines is 1. The minimum atomic E-state index is -1.84. The largest absolute Gasteiger partial charge is 0.508 e. The lowest BCUT2D eigenvalue weighted by Gasteiger charge is -2.31. The summed E-state index contributed by atoms with van der Waals surface area (Å²) in [5.74, 6) is -9.87. The number of carbonyl (C=O) groups excluding carboxylic acids is 11. The molecule has 562 valence electrons. The highest BCUT2D eigenvalue weighted by Gasteiger charge is 2.40. The Bertz CT molecular complexity index is 4110. The molecule has 2 heterocycles. The van der Waals surface area contributed by atoms with Crippen LogP contribution in [0.1, 0.15) is 94.9 Å². The topological polar surface area (TPSA) is 510 Å². The van der Waals surface area contributed by atoms with E-state index in [9.17, 15) is 58.2 Å². The molecule has 22 N–H and O–H groups in total. The molecule has 0 unspecified atom stereocenters. The van der Waals surface area contributed by atoms with Crippen LogP contribution in [0.25, 0.3) is 21.7 Å². The molecule has 0 aliphatic carbocycles. The number of aliphatic hydroxyl groups excluding tert-OH is 1. The average Bonchev–Trinajstić information content (AvgIpc) is 1.81. The molecule has 0 saturated carbocycles. The van der Waals surface area contributed by atoms with E-state index in [0.29, 0.717) is 44.6 Å². The number of fused-ring (bicyclic) bond motifs is 2. The molecule has 0 bridgehead atoms. The minimum Gasteiger partial charge on any atom is -0.508 e. The Balaban J connectivity index is 1.15. The molecule has 31 nitrogen and oxygen atoms in total. The average molecular weight is 1470 g/mol. The van der Waals surface area contributed by atoms with Crippen LogP contribution < -0.4 is 76.5 Å². The Morgan fingerprint density at radius 2 is 1.01 bits per heavy atom. The summed E-state index contributed by atoms with van der Waals surface area (Å²) < 4.78 is 0. The van der Waals surface area contributed by atoms with Gasteiger partial charge in [-0.25, -0.2) is 0 Å². The van der Waals surface area contributed by atoms with E-state index in [1.54, 1.807) is 68.6 Å². The predicted octanol–water partition coefficient (Wildman–Crippen LogP) is -0.0244. The number of aliphatic hydroxyl groups is 1. The number of likely N-dealkylation sites (tertiary alicyclic amines) is 1. The van der Waals surface area contributed by atoms with E-state index in [4.69, 9.17) is 40.3 Å². The smallest absolute Gasteiger partial charge is 0.245 e. The number of aliphatic imine (C=N–C) groups is 2. The number of hydrogen-bond acceptors (Lipinski definition) is 15. The highest BCUT2D eigenvalue weighted by Crippen LogP contribution is 2.24. The highest BCUT2D eigenvalue weighted by molar-refractivity contribution is 6.30. The van der Waals surface area contributed by atoms with Crippen molar-refractivity contribution in [3.63, 3.8) is 0 Å². The Kier molecular flexibility index (Phi) is 30.3. The fourth-order valence-corrected chi connectivity index (χ4v) is 12.3. The molecule has 1 saturated heterocycles. The Labute approximate surface area is 612 Å². The van der Waals surface area contributed by atoms with Crippen molar-refractivity contribution < 1.29 is 63.0 Å². The van der Waals surface area contributed by atoms with Crippen LogP contribution in [-0.2, 0) is 78.4 Å². The van der Waals surface area contributed by atoms with Gasteiger partial charge >= 0.3 is 0 Å². The number of phenols is 1. The second-order valence-electron chi connectivity index (χ2n) is 26.4. The number of phenolic OH excluding ortho intramolecular Hbond substituents is 1. The summed E-state index contributed by atoms with van der Waals surface area (Å²) in [5, 5.41) is 48.3. The van der Waals surface area contributed by atoms with E-state index in [2.05, 4.69) is 62.8 Å². The van der Waals surface area contributed by atoms with Crippen molar-refractivity contribution in [2.45, 2.75) is 159 Å². The third-order valence-electron chi connectivity index (χ3n) is 17.6. The Morgan fingerprint density at radius 1 is 0.543 bits per heavy atom. The van der Waals surface area contributed by atoms with Crippen molar-refractivity contribution in [3.8, 4) is 5.75 Å². The lowest BCUT2D eigenvalue weighted by molar-refractivity contribution is -0.142. The molecule has 10 atom stereocenters. The van der Waals surface area contributed by atoms with E-state index in [0.717, 1.165) is 10.8 Å². The maximum atomic E-state index is 15.0. The highest BCUT2D eigenvalue weighted by atomic mass is 35.5. The molecule has 1 fully saturated rings. The number of guanidine groups is 2. The lowest BCUT2D eigenvalue weighted by atomic mass is 9.99. The third-order valence-corrected chi connectivity index (χ3v) is 17.8. The van der Waals surface area contributed by atoms with Gasteiger partial charge in [-0.1, -0.05) is 110 Å². The molecule has 32 heteroatoms. The van der Waals surface area contributed by atoms with Crippen LogP contribution in [0.2, 0.25) is 5.02 Å². The first-order valence-corrected chi connectivity index (χ1v) is 35.0. The lowest BCUT2D eigenvalue weighted by Crippen LogP contribution is -2.61. The second-order valence-corrected chi connectivity index (χ2v) is 26.8. The SMILES string of the molecule is CC(=O)N[C@H](Cc1ccc2ccccc2c1)C(=O)N[C@H](Cc1ccc(Cl)cc1)C(=O)N[C@H](Cc1c[nH]c2ccccc12)C(=O)N[C@@H](CO)C(=O)N[C@@H](Cc1ccc(O)cc1)C(=O)N[C@H](CCCN=C(N)N)C(=O)N[C@@H](CC(C)C)C(=O)N[C@@H](CCCN=C(N)N)C(=O)N1CCC[C@@H]1C(=O)N[C@H](C)C(N)=O. The van der Waals surface area contributed by atoms with Crippen LogP contribution >= 0.6 is 11.6 Å². The molecule has 11 amide bonds. The molecular weight excluding hydrogens is 1370 g/mol. The predicted molar refractivity (Wildman–Crippen MR) is 396 cm³/mol. The number of aromatic hydroxyl groups is 1. The molecule has 1 aromatic heterocycles. The number of halogens is 1. The first-order chi connectivity index (χ1) is 50.0. The van der Waals surface area contributed by atoms with Gasteiger partial charge in [0, 0.05) is 74.4 Å². The normalized spacial score (nSPS) is 15.2. The van der Waals surface area contributed by atoms with Crippen molar-refractivity contribution >= 4 is 110 Å². The molecule has 1 aliphatic rings. The van der Waals surface area contributed by atoms with Crippen LogP contribution in [0.3, 0.4) is 0 Å². The number of amides is 11. The van der Waals surface area contributed by atoms with Crippen molar-refractivity contribution in [1.82, 2.24) is 57.7 Å². The number of para-hydroxylation sites is 1. The van der Waals surface area contributed by atoms with Gasteiger partial charge in [-0.05, 0) is 121 Å². The first-order valence-electron chi connectivity index (χ1n) is 34.6. The summed E-state index contributed by atoms with van der Waals surface area (Å²) in [6.45, 7) is 5.29. The quantitative estimate of drug-likeness (QED) is 0.0138. The number of carbonyl (C=O) groups is 11. The molecule has 0 radical (unpaired) electrons. The van der Waals surface area contributed by atoms with E-state index >= 15 is 4.79 Å². The van der Waals surface area contributed by atoms with Crippen molar-refractivity contribution in [2.24, 2.45) is 44.6 Å². The number of rotatable bonds is 38. The minimum absolute atomic E-state index is 0.00471. The number of nitrogens with one attached hydrogen (secondary N) is 10. The Morgan fingerprint density at radius 3 is 1.58 bits per heavy atom.